The van der Waals surface area contributed by atoms with Gasteiger partial charge in [0, 0.05) is 6.54 Å². The highest BCUT2D eigenvalue weighted by Gasteiger charge is 2.41. The van der Waals surface area contributed by atoms with Crippen molar-refractivity contribution >= 4 is 17.8 Å². The molecule has 108 valence electrons. The highest BCUT2D eigenvalue weighted by atomic mass is 16.4. The van der Waals surface area contributed by atoms with E-state index in [0.717, 1.165) is 6.42 Å². The molecule has 3 N–H and O–H groups in total. The number of carboxylic acid groups (broad SMARTS) is 1. The first-order valence-corrected chi connectivity index (χ1v) is 6.72. The fourth-order valence-corrected chi connectivity index (χ4v) is 2.48. The van der Waals surface area contributed by atoms with Crippen LogP contribution in [-0.2, 0) is 14.4 Å². The summed E-state index contributed by atoms with van der Waals surface area (Å²) in [6.07, 6.45) is 1.93. The predicted octanol–water partition coefficient (Wildman–Crippen LogP) is 0.376. The lowest BCUT2D eigenvalue weighted by Gasteiger charge is -2.15. The summed E-state index contributed by atoms with van der Waals surface area (Å²) in [4.78, 5) is 34.4. The van der Waals surface area contributed by atoms with Crippen molar-refractivity contribution < 1.29 is 19.5 Å². The molecular weight excluding hydrogens is 248 g/mol. The maximum atomic E-state index is 11.9. The van der Waals surface area contributed by atoms with Gasteiger partial charge in [-0.05, 0) is 25.2 Å². The van der Waals surface area contributed by atoms with Crippen molar-refractivity contribution in [3.63, 3.8) is 0 Å². The summed E-state index contributed by atoms with van der Waals surface area (Å²) >= 11 is 0. The molecule has 1 aliphatic rings. The molecule has 0 radical (unpaired) electrons. The van der Waals surface area contributed by atoms with Gasteiger partial charge in [-0.2, -0.15) is 0 Å². The third kappa shape index (κ3) is 4.54. The van der Waals surface area contributed by atoms with E-state index in [2.05, 4.69) is 10.6 Å². The first-order chi connectivity index (χ1) is 8.95. The monoisotopic (exact) mass is 270 g/mol. The zero-order valence-electron chi connectivity index (χ0n) is 11.4. The molecule has 0 heterocycles. The summed E-state index contributed by atoms with van der Waals surface area (Å²) in [5.41, 5.74) is 0. The summed E-state index contributed by atoms with van der Waals surface area (Å²) in [7, 11) is 0. The van der Waals surface area contributed by atoms with Gasteiger partial charge in [0.25, 0.3) is 0 Å². The lowest BCUT2D eigenvalue weighted by atomic mass is 9.95. The number of carbonyl (C=O) groups excluding carboxylic acids is 2. The molecule has 3 atom stereocenters. The van der Waals surface area contributed by atoms with Crippen molar-refractivity contribution in [1.82, 2.24) is 10.6 Å². The molecule has 0 bridgehead atoms. The number of hydrogen-bond acceptors (Lipinski definition) is 3. The standard InChI is InChI=1S/C13H22N2O4/c1-3-4-14-11(16)7-15-12(17)9-5-8(2)6-10(9)13(18)19/h8-10H,3-7H2,1-2H3,(H,14,16)(H,15,17)(H,18,19)/t8?,9-,10+/m0/s1. The number of aliphatic carboxylic acids is 1. The largest absolute Gasteiger partial charge is 0.481 e. The van der Waals surface area contributed by atoms with Crippen LogP contribution in [0.15, 0.2) is 0 Å². The molecule has 19 heavy (non-hydrogen) atoms. The van der Waals surface area contributed by atoms with Gasteiger partial charge in [-0.3, -0.25) is 14.4 Å². The Bertz CT molecular complexity index is 357. The van der Waals surface area contributed by atoms with E-state index in [0.29, 0.717) is 19.4 Å². The first kappa shape index (κ1) is 15.5. The summed E-state index contributed by atoms with van der Waals surface area (Å²) in [5.74, 6) is -2.43. The topological polar surface area (TPSA) is 95.5 Å². The Kier molecular flexibility index (Phi) is 5.79. The number of rotatable bonds is 6. The Morgan fingerprint density at radius 1 is 1.16 bits per heavy atom. The number of nitrogens with one attached hydrogen (secondary N) is 2. The molecular formula is C13H22N2O4. The average Bonchev–Trinajstić information content (AvgIpc) is 2.75. The van der Waals surface area contributed by atoms with Gasteiger partial charge < -0.3 is 15.7 Å². The minimum Gasteiger partial charge on any atom is -0.481 e. The lowest BCUT2D eigenvalue weighted by molar-refractivity contribution is -0.146. The fourth-order valence-electron chi connectivity index (χ4n) is 2.48. The number of hydrogen-bond donors (Lipinski definition) is 3. The van der Waals surface area contributed by atoms with Gasteiger partial charge in [-0.15, -0.1) is 0 Å². The van der Waals surface area contributed by atoms with Crippen LogP contribution in [0.5, 0.6) is 0 Å². The van der Waals surface area contributed by atoms with Crippen molar-refractivity contribution in [2.24, 2.45) is 17.8 Å². The van der Waals surface area contributed by atoms with Crippen molar-refractivity contribution in [2.75, 3.05) is 13.1 Å². The number of carbonyl (C=O) groups is 3. The minimum atomic E-state index is -0.931. The van der Waals surface area contributed by atoms with Gasteiger partial charge in [0.2, 0.25) is 11.8 Å². The van der Waals surface area contributed by atoms with Crippen LogP contribution in [0.3, 0.4) is 0 Å². The van der Waals surface area contributed by atoms with Crippen LogP contribution in [0.1, 0.15) is 33.1 Å². The number of carboxylic acids is 1. The molecule has 0 aromatic carbocycles. The second kappa shape index (κ2) is 7.11. The van der Waals surface area contributed by atoms with Crippen LogP contribution in [0.2, 0.25) is 0 Å². The maximum Gasteiger partial charge on any atom is 0.307 e. The van der Waals surface area contributed by atoms with Crippen LogP contribution >= 0.6 is 0 Å². The molecule has 1 aliphatic carbocycles. The van der Waals surface area contributed by atoms with E-state index in [-0.39, 0.29) is 24.3 Å². The third-order valence-corrected chi connectivity index (χ3v) is 3.45. The van der Waals surface area contributed by atoms with Gasteiger partial charge in [0.05, 0.1) is 18.4 Å². The molecule has 1 saturated carbocycles. The Balaban J connectivity index is 2.44. The van der Waals surface area contributed by atoms with E-state index in [4.69, 9.17) is 5.11 Å². The molecule has 0 spiro atoms. The van der Waals surface area contributed by atoms with Gasteiger partial charge >= 0.3 is 5.97 Å². The predicted molar refractivity (Wildman–Crippen MR) is 69.3 cm³/mol. The number of amides is 2. The van der Waals surface area contributed by atoms with Crippen LogP contribution in [0, 0.1) is 17.8 Å². The molecule has 6 heteroatoms. The molecule has 6 nitrogen and oxygen atoms in total. The van der Waals surface area contributed by atoms with Crippen molar-refractivity contribution in [3.8, 4) is 0 Å². The van der Waals surface area contributed by atoms with Crippen molar-refractivity contribution in [3.05, 3.63) is 0 Å². The third-order valence-electron chi connectivity index (χ3n) is 3.45. The van der Waals surface area contributed by atoms with Gasteiger partial charge in [-0.1, -0.05) is 13.8 Å². The van der Waals surface area contributed by atoms with E-state index in [1.165, 1.54) is 0 Å². The molecule has 1 rings (SSSR count). The molecule has 2 amide bonds. The van der Waals surface area contributed by atoms with E-state index in [1.54, 1.807) is 0 Å². The van der Waals surface area contributed by atoms with Crippen LogP contribution in [0.4, 0.5) is 0 Å². The lowest BCUT2D eigenvalue weighted by Crippen LogP contribution is -2.41. The van der Waals surface area contributed by atoms with Gasteiger partial charge in [0.15, 0.2) is 0 Å². The smallest absolute Gasteiger partial charge is 0.307 e. The summed E-state index contributed by atoms with van der Waals surface area (Å²) in [6.45, 7) is 4.37. The summed E-state index contributed by atoms with van der Waals surface area (Å²) < 4.78 is 0. The van der Waals surface area contributed by atoms with Crippen LogP contribution < -0.4 is 10.6 Å². The van der Waals surface area contributed by atoms with Gasteiger partial charge in [0.1, 0.15) is 0 Å². The fraction of sp³-hybridized carbons (Fsp3) is 0.769. The maximum absolute atomic E-state index is 11.9. The molecule has 0 aromatic rings. The Labute approximate surface area is 112 Å². The highest BCUT2D eigenvalue weighted by Crippen LogP contribution is 2.36. The van der Waals surface area contributed by atoms with E-state index >= 15 is 0 Å². The van der Waals surface area contributed by atoms with E-state index in [9.17, 15) is 14.4 Å². The van der Waals surface area contributed by atoms with Crippen LogP contribution in [-0.4, -0.2) is 36.0 Å². The Hall–Kier alpha value is -1.59. The summed E-state index contributed by atoms with van der Waals surface area (Å²) in [5, 5.41) is 14.3. The SMILES string of the molecule is CCCNC(=O)CNC(=O)[C@H]1CC(C)C[C@H]1C(=O)O. The second-order valence-electron chi connectivity index (χ2n) is 5.20. The minimum absolute atomic E-state index is 0.0872. The molecule has 0 saturated heterocycles. The van der Waals surface area contributed by atoms with E-state index < -0.39 is 17.8 Å². The van der Waals surface area contributed by atoms with Crippen LogP contribution in [0.25, 0.3) is 0 Å². The molecule has 0 aliphatic heterocycles. The molecule has 0 aromatic heterocycles. The summed E-state index contributed by atoms with van der Waals surface area (Å²) in [6, 6.07) is 0. The highest BCUT2D eigenvalue weighted by molar-refractivity contribution is 5.88. The molecule has 1 fully saturated rings. The van der Waals surface area contributed by atoms with E-state index in [1.807, 2.05) is 13.8 Å². The second-order valence-corrected chi connectivity index (χ2v) is 5.20. The zero-order chi connectivity index (χ0) is 14.4. The average molecular weight is 270 g/mol. The Morgan fingerprint density at radius 2 is 1.79 bits per heavy atom. The zero-order valence-corrected chi connectivity index (χ0v) is 11.4. The normalized spacial score (nSPS) is 25.9. The van der Waals surface area contributed by atoms with Crippen molar-refractivity contribution in [1.29, 1.82) is 0 Å². The Morgan fingerprint density at radius 3 is 2.37 bits per heavy atom. The van der Waals surface area contributed by atoms with Gasteiger partial charge in [-0.25, -0.2) is 0 Å². The first-order valence-electron chi connectivity index (χ1n) is 6.72. The van der Waals surface area contributed by atoms with Crippen molar-refractivity contribution in [2.45, 2.75) is 33.1 Å². The molecule has 1 unspecified atom stereocenters. The quantitative estimate of drug-likeness (QED) is 0.650.